The third kappa shape index (κ3) is 3.90. The van der Waals surface area contributed by atoms with E-state index < -0.39 is 10.0 Å². The van der Waals surface area contributed by atoms with Crippen LogP contribution in [-0.4, -0.2) is 68.3 Å². The minimum atomic E-state index is -3.67. The summed E-state index contributed by atoms with van der Waals surface area (Å²) in [5.74, 6) is -0.0989. The van der Waals surface area contributed by atoms with Gasteiger partial charge < -0.3 is 10.2 Å². The Morgan fingerprint density at radius 2 is 2.15 bits per heavy atom. The van der Waals surface area contributed by atoms with E-state index in [1.165, 1.54) is 4.31 Å². The zero-order chi connectivity index (χ0) is 18.9. The number of sulfonamides is 1. The first-order valence-electron chi connectivity index (χ1n) is 8.25. The first kappa shape index (κ1) is 19.2. The first-order valence-corrected chi connectivity index (χ1v) is 10.5. The minimum absolute atomic E-state index is 0.0989. The molecular formula is C17H21BrN4O3S. The van der Waals surface area contributed by atoms with Crippen molar-refractivity contribution in [3.63, 3.8) is 0 Å². The van der Waals surface area contributed by atoms with Crippen LogP contribution in [0.15, 0.2) is 40.0 Å². The van der Waals surface area contributed by atoms with Gasteiger partial charge in [-0.05, 0) is 42.5 Å². The number of amides is 1. The van der Waals surface area contributed by atoms with Crippen molar-refractivity contribution in [3.8, 4) is 0 Å². The van der Waals surface area contributed by atoms with Gasteiger partial charge in [-0.15, -0.1) is 0 Å². The molecule has 1 saturated heterocycles. The average Bonchev–Trinajstić information content (AvgIpc) is 3.03. The summed E-state index contributed by atoms with van der Waals surface area (Å²) in [7, 11) is -0.0304. The van der Waals surface area contributed by atoms with Gasteiger partial charge in [0.1, 0.15) is 0 Å². The second kappa shape index (κ2) is 7.59. The summed E-state index contributed by atoms with van der Waals surface area (Å²) in [6.07, 6.45) is 3.84. The molecule has 1 fully saturated rings. The quantitative estimate of drug-likeness (QED) is 0.760. The van der Waals surface area contributed by atoms with Crippen molar-refractivity contribution in [1.82, 2.24) is 19.5 Å². The predicted octanol–water partition coefficient (Wildman–Crippen LogP) is 1.44. The van der Waals surface area contributed by atoms with Crippen molar-refractivity contribution in [3.05, 3.63) is 35.1 Å². The molecule has 140 valence electrons. The van der Waals surface area contributed by atoms with E-state index in [2.05, 4.69) is 26.2 Å². The predicted molar refractivity (Wildman–Crippen MR) is 103 cm³/mol. The van der Waals surface area contributed by atoms with Crippen molar-refractivity contribution >= 4 is 42.6 Å². The molecule has 0 bridgehead atoms. The number of rotatable bonds is 5. The molecule has 1 unspecified atom stereocenters. The lowest BCUT2D eigenvalue weighted by molar-refractivity contribution is -0.122. The number of fused-ring (bicyclic) bond motifs is 1. The van der Waals surface area contributed by atoms with E-state index in [-0.39, 0.29) is 29.9 Å². The Labute approximate surface area is 161 Å². The van der Waals surface area contributed by atoms with Crippen molar-refractivity contribution in [2.75, 3.05) is 33.7 Å². The second-order valence-corrected chi connectivity index (χ2v) is 9.39. The maximum Gasteiger partial charge on any atom is 0.243 e. The minimum Gasteiger partial charge on any atom is -0.351 e. The largest absolute Gasteiger partial charge is 0.351 e. The molecule has 7 nitrogen and oxygen atoms in total. The van der Waals surface area contributed by atoms with Crippen LogP contribution in [0, 0.1) is 0 Å². The maximum absolute atomic E-state index is 13.2. The van der Waals surface area contributed by atoms with E-state index in [0.717, 1.165) is 5.39 Å². The highest BCUT2D eigenvalue weighted by molar-refractivity contribution is 9.10. The number of hydrogen-bond donors (Lipinski definition) is 1. The molecular weight excluding hydrogens is 420 g/mol. The molecule has 1 aromatic heterocycles. The van der Waals surface area contributed by atoms with Gasteiger partial charge in [-0.3, -0.25) is 9.78 Å². The molecule has 0 saturated carbocycles. The topological polar surface area (TPSA) is 82.6 Å². The Morgan fingerprint density at radius 3 is 2.88 bits per heavy atom. The number of aromatic nitrogens is 1. The Kier molecular flexibility index (Phi) is 5.61. The van der Waals surface area contributed by atoms with Crippen LogP contribution in [0.2, 0.25) is 0 Å². The van der Waals surface area contributed by atoms with Gasteiger partial charge in [0.2, 0.25) is 15.9 Å². The molecule has 1 aliphatic rings. The van der Waals surface area contributed by atoms with Gasteiger partial charge in [0.25, 0.3) is 0 Å². The molecule has 3 rings (SSSR count). The Hall–Kier alpha value is -1.55. The number of carbonyl (C=O) groups is 1. The molecule has 2 aromatic rings. The van der Waals surface area contributed by atoms with Gasteiger partial charge in [-0.25, -0.2) is 8.42 Å². The summed E-state index contributed by atoms with van der Waals surface area (Å²) in [5, 5.41) is 4.29. The summed E-state index contributed by atoms with van der Waals surface area (Å²) in [5.41, 5.74) is 0. The van der Waals surface area contributed by atoms with Crippen LogP contribution in [0.1, 0.15) is 6.42 Å². The van der Waals surface area contributed by atoms with Gasteiger partial charge in [-0.2, -0.15) is 4.31 Å². The van der Waals surface area contributed by atoms with Crippen LogP contribution in [-0.2, 0) is 14.8 Å². The molecule has 1 N–H and O–H groups in total. The van der Waals surface area contributed by atoms with Gasteiger partial charge in [0.15, 0.2) is 0 Å². The van der Waals surface area contributed by atoms with E-state index in [9.17, 15) is 13.2 Å². The second-order valence-electron chi connectivity index (χ2n) is 6.63. The zero-order valence-corrected chi connectivity index (χ0v) is 17.0. The Balaban J connectivity index is 1.83. The standard InChI is InChI=1S/C17H21BrN4O3S/c1-21(2)11-16(23)20-13-6-7-22(10-13)26(24,25)15-5-3-4-12-8-19-9-14(18)17(12)15/h3-5,8-9,13H,6-7,10-11H2,1-2H3,(H,20,23). The lowest BCUT2D eigenvalue weighted by Gasteiger charge is -2.19. The maximum atomic E-state index is 13.2. The smallest absolute Gasteiger partial charge is 0.243 e. The number of hydrogen-bond acceptors (Lipinski definition) is 5. The number of pyridine rings is 1. The van der Waals surface area contributed by atoms with Crippen LogP contribution < -0.4 is 5.32 Å². The lowest BCUT2D eigenvalue weighted by Crippen LogP contribution is -2.42. The fourth-order valence-electron chi connectivity index (χ4n) is 3.14. The molecule has 0 spiro atoms. The van der Waals surface area contributed by atoms with Crippen LogP contribution in [0.4, 0.5) is 0 Å². The number of halogens is 1. The van der Waals surface area contributed by atoms with E-state index >= 15 is 0 Å². The molecule has 9 heteroatoms. The van der Waals surface area contributed by atoms with Gasteiger partial charge >= 0.3 is 0 Å². The summed E-state index contributed by atoms with van der Waals surface area (Å²) in [6, 6.07) is 4.99. The van der Waals surface area contributed by atoms with Gasteiger partial charge in [-0.1, -0.05) is 12.1 Å². The Morgan fingerprint density at radius 1 is 1.38 bits per heavy atom. The molecule has 1 aromatic carbocycles. The van der Waals surface area contributed by atoms with Crippen LogP contribution in [0.5, 0.6) is 0 Å². The molecule has 26 heavy (non-hydrogen) atoms. The third-order valence-electron chi connectivity index (χ3n) is 4.29. The molecule has 2 heterocycles. The van der Waals surface area contributed by atoms with E-state index in [0.29, 0.717) is 22.8 Å². The monoisotopic (exact) mass is 440 g/mol. The highest BCUT2D eigenvalue weighted by Crippen LogP contribution is 2.32. The average molecular weight is 441 g/mol. The third-order valence-corrected chi connectivity index (χ3v) is 6.80. The Bertz CT molecular complexity index is 927. The van der Waals surface area contributed by atoms with Crippen LogP contribution in [0.25, 0.3) is 10.8 Å². The molecule has 0 radical (unpaired) electrons. The lowest BCUT2D eigenvalue weighted by atomic mass is 10.2. The normalized spacial score (nSPS) is 18.5. The van der Waals surface area contributed by atoms with Gasteiger partial charge in [0.05, 0.1) is 11.4 Å². The van der Waals surface area contributed by atoms with Crippen molar-refractivity contribution in [1.29, 1.82) is 0 Å². The fourth-order valence-corrected chi connectivity index (χ4v) is 5.57. The van der Waals surface area contributed by atoms with Gasteiger partial charge in [0, 0.05) is 46.8 Å². The fraction of sp³-hybridized carbons (Fsp3) is 0.412. The summed E-state index contributed by atoms with van der Waals surface area (Å²) in [6.45, 7) is 0.946. The highest BCUT2D eigenvalue weighted by atomic mass is 79.9. The number of benzene rings is 1. The number of nitrogens with one attached hydrogen (secondary N) is 1. The van der Waals surface area contributed by atoms with E-state index in [1.54, 1.807) is 29.4 Å². The number of likely N-dealkylation sites (N-methyl/N-ethyl adjacent to an activating group) is 1. The molecule has 0 aliphatic carbocycles. The van der Waals surface area contributed by atoms with Crippen molar-refractivity contribution in [2.24, 2.45) is 0 Å². The summed E-state index contributed by atoms with van der Waals surface area (Å²) in [4.78, 5) is 18.0. The van der Waals surface area contributed by atoms with E-state index in [1.807, 2.05) is 20.2 Å². The van der Waals surface area contributed by atoms with Crippen molar-refractivity contribution in [2.45, 2.75) is 17.4 Å². The zero-order valence-electron chi connectivity index (χ0n) is 14.6. The van der Waals surface area contributed by atoms with E-state index in [4.69, 9.17) is 0 Å². The molecule has 1 amide bonds. The van der Waals surface area contributed by atoms with Crippen LogP contribution in [0.3, 0.4) is 0 Å². The SMILES string of the molecule is CN(C)CC(=O)NC1CCN(S(=O)(=O)c2cccc3cncc(Br)c23)C1. The first-order chi connectivity index (χ1) is 12.3. The summed E-state index contributed by atoms with van der Waals surface area (Å²) >= 11 is 3.41. The molecule has 1 aliphatic heterocycles. The summed E-state index contributed by atoms with van der Waals surface area (Å²) < 4.78 is 28.4. The highest BCUT2D eigenvalue weighted by Gasteiger charge is 2.34. The van der Waals surface area contributed by atoms with Crippen molar-refractivity contribution < 1.29 is 13.2 Å². The van der Waals surface area contributed by atoms with Crippen LogP contribution >= 0.6 is 15.9 Å². The number of nitrogens with zero attached hydrogens (tertiary/aromatic N) is 3. The molecule has 1 atom stereocenters. The number of carbonyl (C=O) groups excluding carboxylic acids is 1.